The maximum absolute atomic E-state index is 13.7. The lowest BCUT2D eigenvalue weighted by Gasteiger charge is -2.11. The zero-order valence-corrected chi connectivity index (χ0v) is 21.8. The molecule has 3 N–H and O–H groups in total. The number of fused-ring (bicyclic) bond motifs is 1. The molecule has 1 aliphatic carbocycles. The maximum atomic E-state index is 13.7. The van der Waals surface area contributed by atoms with Crippen LogP contribution in [-0.4, -0.2) is 36.4 Å². The summed E-state index contributed by atoms with van der Waals surface area (Å²) < 4.78 is 70.1. The molecule has 1 fully saturated rings. The average molecular weight is 588 g/mol. The van der Waals surface area contributed by atoms with Crippen LogP contribution in [-0.2, 0) is 24.6 Å². The van der Waals surface area contributed by atoms with E-state index in [9.17, 15) is 31.5 Å². The van der Waals surface area contributed by atoms with Crippen LogP contribution in [0.3, 0.4) is 0 Å². The fourth-order valence-electron chi connectivity index (χ4n) is 4.41. The monoisotopic (exact) mass is 587 g/mol. The minimum absolute atomic E-state index is 0.00955. The number of hydrogen-bond donors (Lipinski definition) is 2. The molecule has 1 saturated carbocycles. The smallest absolute Gasteiger partial charge is 0.365 e. The number of pyridine rings is 1. The summed E-state index contributed by atoms with van der Waals surface area (Å²) in [6, 6.07) is 1.14. The van der Waals surface area contributed by atoms with Crippen molar-refractivity contribution in [2.24, 2.45) is 12.8 Å². The summed E-state index contributed by atoms with van der Waals surface area (Å²) in [4.78, 5) is 29.3. The van der Waals surface area contributed by atoms with E-state index in [4.69, 9.17) is 17.3 Å². The van der Waals surface area contributed by atoms with Crippen LogP contribution in [0.15, 0.2) is 12.3 Å². The van der Waals surface area contributed by atoms with E-state index in [1.54, 1.807) is 20.2 Å². The van der Waals surface area contributed by atoms with E-state index in [0.717, 1.165) is 10.7 Å². The van der Waals surface area contributed by atoms with Crippen molar-refractivity contribution < 1.29 is 31.5 Å². The number of aromatic nitrogens is 5. The highest BCUT2D eigenvalue weighted by molar-refractivity contribution is 7.21. The number of carbonyl (C=O) groups excluding carboxylic acids is 2. The standard InChI is InChI=1S/C23H19ClF5N7O2S/c1-8-11(6-35(2)33-8)10-5-12(20(25)26)31-22-14(10)16(18(39-22)21(30)38)32-13(37)7-36-17(9-3-4-9)15(24)19(34-36)23(27,28)29/h5-6,9,20H,3-4,7H2,1-2H3,(H2,30,38)(H,32,37). The molecule has 5 rings (SSSR count). The zero-order valence-electron chi connectivity index (χ0n) is 20.2. The number of nitrogens with zero attached hydrogens (tertiary/aromatic N) is 5. The largest absolute Gasteiger partial charge is 0.436 e. The molecule has 4 aromatic rings. The minimum Gasteiger partial charge on any atom is -0.365 e. The predicted octanol–water partition coefficient (Wildman–Crippen LogP) is 5.43. The average Bonchev–Trinajstić information content (AvgIpc) is 3.39. The van der Waals surface area contributed by atoms with Gasteiger partial charge in [-0.1, -0.05) is 11.6 Å². The Hall–Kier alpha value is -3.59. The highest BCUT2D eigenvalue weighted by Gasteiger charge is 2.42. The number of thiophene rings is 1. The molecule has 0 aliphatic heterocycles. The van der Waals surface area contributed by atoms with Crippen LogP contribution >= 0.6 is 22.9 Å². The number of hydrogen-bond acceptors (Lipinski definition) is 6. The van der Waals surface area contributed by atoms with Crippen LogP contribution in [0.25, 0.3) is 21.3 Å². The summed E-state index contributed by atoms with van der Waals surface area (Å²) in [6.07, 6.45) is -4.99. The number of alkyl halides is 5. The van der Waals surface area contributed by atoms with Crippen LogP contribution in [0.4, 0.5) is 27.6 Å². The number of anilines is 1. The molecule has 0 saturated heterocycles. The van der Waals surface area contributed by atoms with Crippen molar-refractivity contribution >= 4 is 50.7 Å². The van der Waals surface area contributed by atoms with Crippen molar-refractivity contribution in [1.29, 1.82) is 0 Å². The molecule has 4 aromatic heterocycles. The van der Waals surface area contributed by atoms with Gasteiger partial charge in [0, 0.05) is 30.1 Å². The van der Waals surface area contributed by atoms with Crippen LogP contribution in [0, 0.1) is 6.92 Å². The van der Waals surface area contributed by atoms with Crippen molar-refractivity contribution in [3.63, 3.8) is 0 Å². The number of halogens is 6. The Balaban J connectivity index is 1.61. The van der Waals surface area contributed by atoms with E-state index in [1.807, 2.05) is 0 Å². The number of aryl methyl sites for hydroxylation is 2. The molecule has 16 heteroatoms. The number of nitrogens with one attached hydrogen (secondary N) is 1. The van der Waals surface area contributed by atoms with Gasteiger partial charge in [0.25, 0.3) is 12.3 Å². The fraction of sp³-hybridized carbons (Fsp3) is 0.348. The molecular weight excluding hydrogens is 569 g/mol. The third-order valence-electron chi connectivity index (χ3n) is 6.15. The van der Waals surface area contributed by atoms with Crippen molar-refractivity contribution in [2.45, 2.75) is 44.8 Å². The Morgan fingerprint density at radius 2 is 1.95 bits per heavy atom. The lowest BCUT2D eigenvalue weighted by Crippen LogP contribution is -2.23. The number of nitrogens with two attached hydrogens (primary N) is 1. The Morgan fingerprint density at radius 3 is 2.49 bits per heavy atom. The molecule has 0 atom stereocenters. The SMILES string of the molecule is Cc1nn(C)cc1-c1cc(C(F)F)nc2sc(C(N)=O)c(NC(=O)Cn3nc(C(F)(F)F)c(Cl)c3C3CC3)c12. The highest BCUT2D eigenvalue weighted by Crippen LogP contribution is 2.47. The van der Waals surface area contributed by atoms with E-state index in [2.05, 4.69) is 20.5 Å². The van der Waals surface area contributed by atoms with E-state index >= 15 is 0 Å². The molecular formula is C23H19ClF5N7O2S. The van der Waals surface area contributed by atoms with E-state index < -0.39 is 47.4 Å². The molecule has 0 bridgehead atoms. The topological polar surface area (TPSA) is 121 Å². The van der Waals surface area contributed by atoms with Crippen molar-refractivity contribution in [3.8, 4) is 11.1 Å². The zero-order chi connectivity index (χ0) is 28.4. The second kappa shape index (κ2) is 9.55. The molecule has 0 radical (unpaired) electrons. The second-order valence-electron chi connectivity index (χ2n) is 9.07. The Labute approximate surface area is 225 Å². The minimum atomic E-state index is -4.82. The molecule has 9 nitrogen and oxygen atoms in total. The summed E-state index contributed by atoms with van der Waals surface area (Å²) in [5.74, 6) is -2.06. The summed E-state index contributed by atoms with van der Waals surface area (Å²) in [7, 11) is 1.63. The van der Waals surface area contributed by atoms with Crippen molar-refractivity contribution in [2.75, 3.05) is 5.32 Å². The fourth-order valence-corrected chi connectivity index (χ4v) is 5.83. The summed E-state index contributed by atoms with van der Waals surface area (Å²) in [5.41, 5.74) is 4.83. The Morgan fingerprint density at radius 1 is 1.26 bits per heavy atom. The molecule has 1 aliphatic rings. The lowest BCUT2D eigenvalue weighted by atomic mass is 10.0. The van der Waals surface area contributed by atoms with Crippen molar-refractivity contribution in [3.05, 3.63) is 44.9 Å². The van der Waals surface area contributed by atoms with E-state index in [1.165, 1.54) is 4.68 Å². The summed E-state index contributed by atoms with van der Waals surface area (Å²) >= 11 is 6.70. The normalized spacial score (nSPS) is 14.0. The van der Waals surface area contributed by atoms with E-state index in [-0.39, 0.29) is 38.0 Å². The van der Waals surface area contributed by atoms with Gasteiger partial charge in [0.2, 0.25) is 5.91 Å². The Bertz CT molecular complexity index is 1640. The summed E-state index contributed by atoms with van der Waals surface area (Å²) in [6.45, 7) is 1.00. The second-order valence-corrected chi connectivity index (χ2v) is 10.5. The molecule has 206 valence electrons. The first-order valence-corrected chi connectivity index (χ1v) is 12.6. The van der Waals surface area contributed by atoms with Gasteiger partial charge in [-0.25, -0.2) is 13.8 Å². The number of amides is 2. The van der Waals surface area contributed by atoms with Crippen LogP contribution in [0.2, 0.25) is 5.02 Å². The van der Waals surface area contributed by atoms with Gasteiger partial charge < -0.3 is 11.1 Å². The van der Waals surface area contributed by atoms with Crippen LogP contribution < -0.4 is 11.1 Å². The van der Waals surface area contributed by atoms with Crippen molar-refractivity contribution in [1.82, 2.24) is 24.5 Å². The third kappa shape index (κ3) is 4.95. The molecule has 39 heavy (non-hydrogen) atoms. The van der Waals surface area contributed by atoms with Gasteiger partial charge in [-0.05, 0) is 31.4 Å². The first-order valence-electron chi connectivity index (χ1n) is 11.5. The first kappa shape index (κ1) is 27.0. The van der Waals surface area contributed by atoms with Gasteiger partial charge in [0.1, 0.15) is 21.9 Å². The highest BCUT2D eigenvalue weighted by atomic mass is 35.5. The van der Waals surface area contributed by atoms with Gasteiger partial charge in [-0.2, -0.15) is 23.4 Å². The van der Waals surface area contributed by atoms with Gasteiger partial charge in [0.15, 0.2) is 5.69 Å². The van der Waals surface area contributed by atoms with Gasteiger partial charge in [-0.3, -0.25) is 19.0 Å². The predicted molar refractivity (Wildman–Crippen MR) is 133 cm³/mol. The van der Waals surface area contributed by atoms with Gasteiger partial charge >= 0.3 is 6.18 Å². The Kier molecular flexibility index (Phi) is 6.61. The van der Waals surface area contributed by atoms with E-state index in [0.29, 0.717) is 35.4 Å². The molecule has 0 aromatic carbocycles. The number of carbonyl (C=O) groups is 2. The quantitative estimate of drug-likeness (QED) is 0.280. The number of primary amides is 1. The third-order valence-corrected chi connectivity index (χ3v) is 7.63. The van der Waals surface area contributed by atoms with Crippen LogP contribution in [0.1, 0.15) is 57.6 Å². The molecule has 2 amide bonds. The maximum Gasteiger partial charge on any atom is 0.436 e. The number of rotatable bonds is 7. The van der Waals surface area contributed by atoms with Gasteiger partial charge in [0.05, 0.1) is 22.1 Å². The molecule has 4 heterocycles. The molecule has 0 unspecified atom stereocenters. The first-order chi connectivity index (χ1) is 18.3. The lowest BCUT2D eigenvalue weighted by molar-refractivity contribution is -0.141. The summed E-state index contributed by atoms with van der Waals surface area (Å²) in [5, 5.41) is 9.92. The van der Waals surface area contributed by atoms with Gasteiger partial charge in [-0.15, -0.1) is 11.3 Å². The van der Waals surface area contributed by atoms with Crippen LogP contribution in [0.5, 0.6) is 0 Å². The molecule has 0 spiro atoms.